The number of alkyl carbamates (subject to hydrolysis) is 2. The van der Waals surface area contributed by atoms with Crippen LogP contribution in [0.3, 0.4) is 0 Å². The number of carbonyl (C=O) groups excluding carboxylic acids is 4. The first kappa shape index (κ1) is 47.9. The molecule has 20 heteroatoms. The highest BCUT2D eigenvalue weighted by molar-refractivity contribution is 7.11. The number of benzene rings is 2. The van der Waals surface area contributed by atoms with E-state index in [-0.39, 0.29) is 47.9 Å². The number of aromatic nitrogens is 6. The molecule has 4 aliphatic heterocycles. The van der Waals surface area contributed by atoms with Crippen molar-refractivity contribution in [2.75, 3.05) is 27.3 Å². The molecule has 8 heterocycles. The number of methoxy groups -OCH3 is 2. The molecule has 3 fully saturated rings. The van der Waals surface area contributed by atoms with Crippen molar-refractivity contribution in [3.8, 4) is 39.5 Å². The Balaban J connectivity index is 0.939. The number of fused-ring (bicyclic) bond motifs is 5. The van der Waals surface area contributed by atoms with Crippen molar-refractivity contribution in [2.24, 2.45) is 11.8 Å². The van der Waals surface area contributed by atoms with Gasteiger partial charge in [0.2, 0.25) is 18.0 Å². The third kappa shape index (κ3) is 9.11. The SMILES string of the molecule is COC(=O)NC(C(=O)N1CCC[C@H]1c1ncc(-c2ccc3c(c2)cc2n3C(c3cnc(C)s3)Oc3cc(-c4cnc([C@@H]5CCCN5C(=O)[C@@H](NC(=O)OC)C(C)C)[nH]4)cc(F)c3-2)[nH]1)C1C[C@@H](C)O[C@@H](C)C1. The Bertz CT molecular complexity index is 2990. The topological polar surface area (TPSA) is 211 Å². The highest BCUT2D eigenvalue weighted by atomic mass is 32.1. The number of hydrogen-bond acceptors (Lipinski definition) is 12. The summed E-state index contributed by atoms with van der Waals surface area (Å²) in [6, 6.07) is 9.06. The van der Waals surface area contributed by atoms with E-state index in [9.17, 15) is 19.2 Å². The van der Waals surface area contributed by atoms with Crippen LogP contribution < -0.4 is 15.4 Å². The molecule has 0 spiro atoms. The lowest BCUT2D eigenvalue weighted by Crippen LogP contribution is -2.54. The van der Waals surface area contributed by atoms with Crippen molar-refractivity contribution >= 4 is 46.2 Å². The number of rotatable bonds is 11. The minimum Gasteiger partial charge on any atom is -0.464 e. The van der Waals surface area contributed by atoms with E-state index in [2.05, 4.69) is 30.6 Å². The molecule has 374 valence electrons. The van der Waals surface area contributed by atoms with Crippen LogP contribution in [0.25, 0.3) is 44.7 Å². The molecule has 71 heavy (non-hydrogen) atoms. The molecule has 0 bridgehead atoms. The molecule has 0 radical (unpaired) electrons. The number of halogens is 1. The van der Waals surface area contributed by atoms with E-state index in [1.165, 1.54) is 31.6 Å². The smallest absolute Gasteiger partial charge is 0.407 e. The summed E-state index contributed by atoms with van der Waals surface area (Å²) in [6.45, 7) is 10.7. The second-order valence-corrected chi connectivity index (χ2v) is 20.7. The van der Waals surface area contributed by atoms with Crippen LogP contribution in [0.2, 0.25) is 0 Å². The van der Waals surface area contributed by atoms with Gasteiger partial charge in [-0.2, -0.15) is 0 Å². The largest absolute Gasteiger partial charge is 0.464 e. The van der Waals surface area contributed by atoms with Crippen molar-refractivity contribution in [1.82, 2.24) is 49.9 Å². The minimum atomic E-state index is -0.777. The molecule has 4 aliphatic rings. The molecule has 3 unspecified atom stereocenters. The van der Waals surface area contributed by atoms with Crippen LogP contribution in [0.1, 0.15) is 106 Å². The number of H-pyrrole nitrogens is 2. The summed E-state index contributed by atoms with van der Waals surface area (Å²) in [4.78, 5) is 78.2. The van der Waals surface area contributed by atoms with Gasteiger partial charge in [0.1, 0.15) is 35.3 Å². The van der Waals surface area contributed by atoms with Crippen LogP contribution in [0.15, 0.2) is 55.0 Å². The van der Waals surface area contributed by atoms with Crippen LogP contribution in [0.5, 0.6) is 5.75 Å². The van der Waals surface area contributed by atoms with Gasteiger partial charge in [0.15, 0.2) is 0 Å². The molecule has 10 rings (SSSR count). The lowest BCUT2D eigenvalue weighted by atomic mass is 9.85. The van der Waals surface area contributed by atoms with Crippen molar-refractivity contribution in [2.45, 2.75) is 116 Å². The zero-order valence-electron chi connectivity index (χ0n) is 40.8. The molecule has 2 aromatic carbocycles. The number of likely N-dealkylation sites (tertiary alicyclic amines) is 2. The van der Waals surface area contributed by atoms with E-state index in [1.54, 1.807) is 23.5 Å². The maximum absolute atomic E-state index is 16.9. The summed E-state index contributed by atoms with van der Waals surface area (Å²) < 4.78 is 41.4. The monoisotopic (exact) mass is 990 g/mol. The summed E-state index contributed by atoms with van der Waals surface area (Å²) in [5, 5.41) is 7.25. The van der Waals surface area contributed by atoms with Gasteiger partial charge in [-0.15, -0.1) is 11.3 Å². The Kier molecular flexibility index (Phi) is 13.1. The van der Waals surface area contributed by atoms with Gasteiger partial charge in [0.05, 0.1) is 89.0 Å². The Hall–Kier alpha value is -6.80. The molecule has 4 N–H and O–H groups in total. The third-order valence-electron chi connectivity index (χ3n) is 14.3. The molecule has 18 nitrogen and oxygen atoms in total. The Morgan fingerprint density at radius 3 is 2.07 bits per heavy atom. The number of carbonyl (C=O) groups is 4. The van der Waals surface area contributed by atoms with Crippen LogP contribution in [-0.4, -0.2) is 115 Å². The number of thiazole rings is 1. The molecule has 4 amide bonds. The van der Waals surface area contributed by atoms with Gasteiger partial charge in [-0.3, -0.25) is 14.2 Å². The first-order valence-corrected chi connectivity index (χ1v) is 25.1. The van der Waals surface area contributed by atoms with E-state index in [0.717, 1.165) is 44.9 Å². The van der Waals surface area contributed by atoms with Gasteiger partial charge in [-0.25, -0.2) is 28.9 Å². The molecule has 6 aromatic rings. The normalized spacial score (nSPS) is 22.7. The zero-order valence-corrected chi connectivity index (χ0v) is 41.6. The number of imidazole rings is 2. The fourth-order valence-corrected chi connectivity index (χ4v) is 11.9. The highest BCUT2D eigenvalue weighted by Crippen LogP contribution is 2.48. The fraction of sp³-hybridized carbons (Fsp3) is 0.471. The summed E-state index contributed by atoms with van der Waals surface area (Å²) >= 11 is 1.50. The van der Waals surface area contributed by atoms with Gasteiger partial charge in [0.25, 0.3) is 0 Å². The maximum atomic E-state index is 16.9. The van der Waals surface area contributed by atoms with Crippen LogP contribution >= 0.6 is 11.3 Å². The predicted octanol–water partition coefficient (Wildman–Crippen LogP) is 8.57. The average molecular weight is 991 g/mol. The van der Waals surface area contributed by atoms with Gasteiger partial charge in [-0.1, -0.05) is 19.9 Å². The number of amides is 4. The van der Waals surface area contributed by atoms with E-state index in [0.29, 0.717) is 78.7 Å². The molecule has 0 saturated carbocycles. The van der Waals surface area contributed by atoms with Gasteiger partial charge >= 0.3 is 12.2 Å². The van der Waals surface area contributed by atoms with E-state index < -0.39 is 36.3 Å². The minimum absolute atomic E-state index is 0.0530. The van der Waals surface area contributed by atoms with E-state index >= 15 is 4.39 Å². The number of nitrogens with zero attached hydrogens (tertiary/aromatic N) is 6. The number of ether oxygens (including phenoxy) is 4. The van der Waals surface area contributed by atoms with Gasteiger partial charge < -0.3 is 49.3 Å². The van der Waals surface area contributed by atoms with Crippen molar-refractivity contribution < 1.29 is 42.5 Å². The number of nitrogens with one attached hydrogen (secondary N) is 4. The number of hydrogen-bond donors (Lipinski definition) is 4. The number of aromatic amines is 2. The average Bonchev–Trinajstić information content (AvgIpc) is 4.22. The second-order valence-electron chi connectivity index (χ2n) is 19.5. The molecular formula is C51H59FN10O8S. The lowest BCUT2D eigenvalue weighted by Gasteiger charge is -2.38. The maximum Gasteiger partial charge on any atom is 0.407 e. The summed E-state index contributed by atoms with van der Waals surface area (Å²) in [5.41, 5.74) is 4.47. The quantitative estimate of drug-likeness (QED) is 0.0966. The first-order valence-electron chi connectivity index (χ1n) is 24.3. The van der Waals surface area contributed by atoms with E-state index in [4.69, 9.17) is 23.9 Å². The summed E-state index contributed by atoms with van der Waals surface area (Å²) in [5.74, 6) is 0.396. The van der Waals surface area contributed by atoms with Crippen LogP contribution in [0, 0.1) is 24.6 Å². The van der Waals surface area contributed by atoms with Crippen molar-refractivity contribution in [3.63, 3.8) is 0 Å². The highest BCUT2D eigenvalue weighted by Gasteiger charge is 2.43. The second kappa shape index (κ2) is 19.4. The summed E-state index contributed by atoms with van der Waals surface area (Å²) in [6.07, 6.45) is 7.31. The molecular weight excluding hydrogens is 932 g/mol. The summed E-state index contributed by atoms with van der Waals surface area (Å²) in [7, 11) is 2.56. The Morgan fingerprint density at radius 1 is 0.817 bits per heavy atom. The first-order chi connectivity index (χ1) is 34.2. The van der Waals surface area contributed by atoms with Gasteiger partial charge in [-0.05, 0) is 101 Å². The predicted molar refractivity (Wildman–Crippen MR) is 262 cm³/mol. The Labute approximate surface area is 414 Å². The standard InChI is InChI=1S/C51H59FN10O8S/c1-25(2)43(58-50(65)67-6)47(63)60-14-8-10-37(60)46-55-23-35(57-46)30-19-33(52)42-39-20-31-18-29(12-13-36(31)62(39)49(70-40(42)21-30)41-24-53-28(5)71-41)34-22-54-45(56-34)38-11-9-15-61(38)48(64)44(59-51(66)68-7)32-16-26(3)69-27(4)17-32/h12-13,18-27,32,37-38,43-44,49H,8-11,14-17H2,1-7H3,(H,54,56)(H,55,57)(H,58,65)(H,59,66)/t26-,27+,32?,37-,38-,43-,44?,49?/m0/s1. The molecule has 3 saturated heterocycles. The lowest BCUT2D eigenvalue weighted by molar-refractivity contribution is -0.138. The van der Waals surface area contributed by atoms with Crippen molar-refractivity contribution in [3.05, 3.63) is 82.3 Å². The van der Waals surface area contributed by atoms with Crippen LogP contribution in [0.4, 0.5) is 14.0 Å². The molecule has 8 atom stereocenters. The number of aryl methyl sites for hydroxylation is 1. The zero-order chi connectivity index (χ0) is 49.8. The Morgan fingerprint density at radius 2 is 1.45 bits per heavy atom. The van der Waals surface area contributed by atoms with Gasteiger partial charge in [0, 0.05) is 35.8 Å². The molecule has 4 aromatic heterocycles. The fourth-order valence-electron chi connectivity index (χ4n) is 11.1. The van der Waals surface area contributed by atoms with E-state index in [1.807, 2.05) is 74.4 Å². The molecule has 0 aliphatic carbocycles. The van der Waals surface area contributed by atoms with Crippen LogP contribution in [-0.2, 0) is 23.8 Å². The third-order valence-corrected chi connectivity index (χ3v) is 15.3. The van der Waals surface area contributed by atoms with Crippen molar-refractivity contribution in [1.29, 1.82) is 0 Å².